The summed E-state index contributed by atoms with van der Waals surface area (Å²) >= 11 is 0. The van der Waals surface area contributed by atoms with Crippen molar-refractivity contribution in [3.05, 3.63) is 71.9 Å². The van der Waals surface area contributed by atoms with E-state index in [4.69, 9.17) is 11.5 Å². The first-order valence-electron chi connectivity index (χ1n) is 11.9. The molecule has 4 amide bonds. The van der Waals surface area contributed by atoms with Crippen LogP contribution in [-0.2, 0) is 36.8 Å². The van der Waals surface area contributed by atoms with Gasteiger partial charge in [-0.15, -0.1) is 0 Å². The number of carboxylic acids is 1. The van der Waals surface area contributed by atoms with Crippen molar-refractivity contribution in [2.45, 2.75) is 37.4 Å². The Balaban J connectivity index is 1.67. The number of hydrogen-bond donors (Lipinski definition) is 7. The van der Waals surface area contributed by atoms with Crippen molar-refractivity contribution in [1.29, 1.82) is 0 Å². The highest BCUT2D eigenvalue weighted by Crippen LogP contribution is 2.19. The zero-order valence-corrected chi connectivity index (χ0v) is 20.5. The van der Waals surface area contributed by atoms with E-state index in [0.717, 1.165) is 22.0 Å². The smallest absolute Gasteiger partial charge is 0.326 e. The molecule has 12 nitrogen and oxygen atoms in total. The lowest BCUT2D eigenvalue weighted by atomic mass is 10.0. The van der Waals surface area contributed by atoms with E-state index in [1.165, 1.54) is 0 Å². The number of para-hydroxylation sites is 1. The Morgan fingerprint density at radius 3 is 2.24 bits per heavy atom. The molecule has 1 heterocycles. The summed E-state index contributed by atoms with van der Waals surface area (Å²) in [6.45, 7) is -0.523. The number of rotatable bonds is 13. The van der Waals surface area contributed by atoms with E-state index < -0.39 is 60.7 Å². The van der Waals surface area contributed by atoms with Crippen LogP contribution in [0.3, 0.4) is 0 Å². The molecular formula is C26H30N6O6. The molecule has 9 N–H and O–H groups in total. The quantitative estimate of drug-likeness (QED) is 0.154. The van der Waals surface area contributed by atoms with E-state index in [0.29, 0.717) is 0 Å². The molecule has 0 aliphatic carbocycles. The number of hydrogen-bond acceptors (Lipinski definition) is 6. The van der Waals surface area contributed by atoms with Gasteiger partial charge in [0.15, 0.2) is 0 Å². The molecule has 38 heavy (non-hydrogen) atoms. The Hall–Kier alpha value is -4.71. The lowest BCUT2D eigenvalue weighted by molar-refractivity contribution is -0.141. The fourth-order valence-electron chi connectivity index (χ4n) is 3.90. The van der Waals surface area contributed by atoms with Crippen molar-refractivity contribution >= 4 is 40.5 Å². The van der Waals surface area contributed by atoms with Gasteiger partial charge in [0.25, 0.3) is 0 Å². The van der Waals surface area contributed by atoms with E-state index in [1.807, 2.05) is 24.3 Å². The third kappa shape index (κ3) is 7.90. The molecule has 200 valence electrons. The highest BCUT2D eigenvalue weighted by Gasteiger charge is 2.27. The van der Waals surface area contributed by atoms with Gasteiger partial charge in [0.2, 0.25) is 23.6 Å². The third-order valence-electron chi connectivity index (χ3n) is 5.83. The average Bonchev–Trinajstić information content (AvgIpc) is 3.29. The predicted octanol–water partition coefficient (Wildman–Crippen LogP) is -0.674. The second-order valence-electron chi connectivity index (χ2n) is 8.77. The third-order valence-corrected chi connectivity index (χ3v) is 5.83. The van der Waals surface area contributed by atoms with Crippen LogP contribution in [0.5, 0.6) is 0 Å². The molecule has 0 fully saturated rings. The molecule has 0 saturated heterocycles. The van der Waals surface area contributed by atoms with Crippen LogP contribution < -0.4 is 27.4 Å². The van der Waals surface area contributed by atoms with Crippen molar-refractivity contribution < 1.29 is 29.1 Å². The standard InChI is InChI=1S/C26H30N6O6/c27-18(12-22(28)33)24(35)32-20(11-16-13-29-19-9-5-4-8-17(16)19)25(36)30-14-23(34)31-21(26(37)38)10-15-6-2-1-3-7-15/h1-9,13,18,20-21,29H,10-12,14,27H2,(H2,28,33)(H,30,36)(H,31,34)(H,32,35)(H,37,38). The topological polar surface area (TPSA) is 209 Å². The molecule has 0 bridgehead atoms. The fourth-order valence-corrected chi connectivity index (χ4v) is 3.90. The van der Waals surface area contributed by atoms with Crippen LogP contribution in [-0.4, -0.2) is 64.4 Å². The number of H-pyrrole nitrogens is 1. The molecule has 3 rings (SSSR count). The van der Waals surface area contributed by atoms with Crippen molar-refractivity contribution in [3.8, 4) is 0 Å². The molecule has 3 atom stereocenters. The van der Waals surface area contributed by atoms with E-state index in [9.17, 15) is 29.1 Å². The van der Waals surface area contributed by atoms with Gasteiger partial charge >= 0.3 is 5.97 Å². The maximum Gasteiger partial charge on any atom is 0.326 e. The summed E-state index contributed by atoms with van der Waals surface area (Å²) in [6, 6.07) is 12.6. The van der Waals surface area contributed by atoms with Crippen LogP contribution in [0.4, 0.5) is 0 Å². The van der Waals surface area contributed by atoms with Crippen LogP contribution in [0.15, 0.2) is 60.8 Å². The van der Waals surface area contributed by atoms with Crippen LogP contribution in [0.25, 0.3) is 10.9 Å². The molecule has 0 aliphatic heterocycles. The number of carbonyl (C=O) groups excluding carboxylic acids is 4. The first-order chi connectivity index (χ1) is 18.1. The van der Waals surface area contributed by atoms with Gasteiger partial charge in [-0.2, -0.15) is 0 Å². The van der Waals surface area contributed by atoms with Crippen LogP contribution in [0, 0.1) is 0 Å². The first kappa shape index (κ1) is 27.9. The normalized spacial score (nSPS) is 13.2. The van der Waals surface area contributed by atoms with E-state index in [-0.39, 0.29) is 12.8 Å². The van der Waals surface area contributed by atoms with E-state index in [1.54, 1.807) is 36.5 Å². The zero-order valence-electron chi connectivity index (χ0n) is 20.5. The average molecular weight is 523 g/mol. The van der Waals surface area contributed by atoms with Crippen molar-refractivity contribution in [1.82, 2.24) is 20.9 Å². The molecule has 12 heteroatoms. The molecule has 3 aromatic rings. The predicted molar refractivity (Wildman–Crippen MR) is 138 cm³/mol. The van der Waals surface area contributed by atoms with Gasteiger partial charge in [-0.25, -0.2) is 4.79 Å². The van der Waals surface area contributed by atoms with Gasteiger partial charge in [0.05, 0.1) is 19.0 Å². The van der Waals surface area contributed by atoms with Gasteiger partial charge in [-0.05, 0) is 17.2 Å². The van der Waals surface area contributed by atoms with Gasteiger partial charge in [0, 0.05) is 29.9 Å². The SMILES string of the molecule is NC(=O)CC(N)C(=O)NC(Cc1c[nH]c2ccccc12)C(=O)NCC(=O)NC(Cc1ccccc1)C(=O)O. The minimum Gasteiger partial charge on any atom is -0.480 e. The second-order valence-corrected chi connectivity index (χ2v) is 8.77. The maximum absolute atomic E-state index is 13.0. The summed E-state index contributed by atoms with van der Waals surface area (Å²) in [5.41, 5.74) is 13.1. The molecule has 1 aromatic heterocycles. The number of aromatic amines is 1. The monoisotopic (exact) mass is 522 g/mol. The Labute approximate surface area is 218 Å². The molecule has 3 unspecified atom stereocenters. The van der Waals surface area contributed by atoms with Crippen LogP contribution >= 0.6 is 0 Å². The minimum absolute atomic E-state index is 0.0538. The summed E-state index contributed by atoms with van der Waals surface area (Å²) in [7, 11) is 0. The summed E-state index contributed by atoms with van der Waals surface area (Å²) in [5, 5.41) is 17.7. The number of aromatic nitrogens is 1. The number of carbonyl (C=O) groups is 5. The fraction of sp³-hybridized carbons (Fsp3) is 0.269. The number of nitrogens with one attached hydrogen (secondary N) is 4. The van der Waals surface area contributed by atoms with Crippen molar-refractivity contribution in [2.24, 2.45) is 11.5 Å². The molecule has 2 aromatic carbocycles. The Morgan fingerprint density at radius 1 is 0.868 bits per heavy atom. The summed E-state index contributed by atoms with van der Waals surface area (Å²) < 4.78 is 0. The summed E-state index contributed by atoms with van der Waals surface area (Å²) in [5.74, 6) is -4.17. The highest BCUT2D eigenvalue weighted by atomic mass is 16.4. The molecular weight excluding hydrogens is 492 g/mol. The first-order valence-corrected chi connectivity index (χ1v) is 11.9. The number of fused-ring (bicyclic) bond motifs is 1. The number of carboxylic acid groups (broad SMARTS) is 1. The minimum atomic E-state index is -1.26. The number of aliphatic carboxylic acids is 1. The maximum atomic E-state index is 13.0. The number of amides is 4. The lowest BCUT2D eigenvalue weighted by Crippen LogP contribution is -2.54. The summed E-state index contributed by atoms with van der Waals surface area (Å²) in [4.78, 5) is 63.9. The van der Waals surface area contributed by atoms with Gasteiger partial charge in [0.1, 0.15) is 12.1 Å². The van der Waals surface area contributed by atoms with Crippen molar-refractivity contribution in [2.75, 3.05) is 6.54 Å². The summed E-state index contributed by atoms with van der Waals surface area (Å²) in [6.07, 6.45) is 1.41. The largest absolute Gasteiger partial charge is 0.480 e. The van der Waals surface area contributed by atoms with Crippen LogP contribution in [0.2, 0.25) is 0 Å². The number of primary amides is 1. The number of benzene rings is 2. The highest BCUT2D eigenvalue weighted by molar-refractivity contribution is 5.94. The second kappa shape index (κ2) is 13.0. The van der Waals surface area contributed by atoms with E-state index >= 15 is 0 Å². The molecule has 0 saturated carbocycles. The van der Waals surface area contributed by atoms with Gasteiger partial charge in [-0.3, -0.25) is 19.2 Å². The number of nitrogens with two attached hydrogens (primary N) is 2. The van der Waals surface area contributed by atoms with Crippen molar-refractivity contribution in [3.63, 3.8) is 0 Å². The Morgan fingerprint density at radius 2 is 1.55 bits per heavy atom. The van der Waals surface area contributed by atoms with E-state index in [2.05, 4.69) is 20.9 Å². The zero-order chi connectivity index (χ0) is 27.7. The Bertz CT molecular complexity index is 1310. The molecule has 0 spiro atoms. The lowest BCUT2D eigenvalue weighted by Gasteiger charge is -2.21. The molecule has 0 radical (unpaired) electrons. The molecule has 0 aliphatic rings. The van der Waals surface area contributed by atoms with Crippen LogP contribution in [0.1, 0.15) is 17.5 Å². The Kier molecular flexibility index (Phi) is 9.54. The van der Waals surface area contributed by atoms with Gasteiger partial charge < -0.3 is 37.5 Å². The van der Waals surface area contributed by atoms with Gasteiger partial charge in [-0.1, -0.05) is 48.5 Å².